The fourth-order valence-corrected chi connectivity index (χ4v) is 2.30. The Morgan fingerprint density at radius 2 is 1.61 bits per heavy atom. The lowest BCUT2D eigenvalue weighted by atomic mass is 9.98. The van der Waals surface area contributed by atoms with Gasteiger partial charge in [-0.05, 0) is 30.5 Å². The highest BCUT2D eigenvalue weighted by Crippen LogP contribution is 2.18. The van der Waals surface area contributed by atoms with Crippen LogP contribution in [0, 0.1) is 6.92 Å². The van der Waals surface area contributed by atoms with E-state index in [9.17, 15) is 4.79 Å². The molecule has 0 saturated heterocycles. The maximum atomic E-state index is 11.5. The van der Waals surface area contributed by atoms with E-state index < -0.39 is 5.91 Å². The summed E-state index contributed by atoms with van der Waals surface area (Å²) in [5.74, 6) is 0.607. The van der Waals surface area contributed by atoms with Crippen molar-refractivity contribution in [3.63, 3.8) is 0 Å². The quantitative estimate of drug-likeness (QED) is 0.794. The second-order valence-corrected chi connectivity index (χ2v) is 5.17. The van der Waals surface area contributed by atoms with Gasteiger partial charge in [0.25, 0.3) is 0 Å². The number of hydrogen-bond acceptors (Lipinski definition) is 5. The summed E-state index contributed by atoms with van der Waals surface area (Å²) in [4.78, 5) is 11.5. The summed E-state index contributed by atoms with van der Waals surface area (Å²) in [5, 5.41) is 15.8. The summed E-state index contributed by atoms with van der Waals surface area (Å²) >= 11 is 0. The highest BCUT2D eigenvalue weighted by Gasteiger charge is 2.08. The van der Waals surface area contributed by atoms with Crippen LogP contribution in [0.25, 0.3) is 11.4 Å². The van der Waals surface area contributed by atoms with E-state index in [0.29, 0.717) is 23.6 Å². The Morgan fingerprint density at radius 3 is 2.26 bits per heavy atom. The van der Waals surface area contributed by atoms with Crippen molar-refractivity contribution in [2.24, 2.45) is 5.73 Å². The molecule has 0 radical (unpaired) electrons. The second-order valence-electron chi connectivity index (χ2n) is 5.17. The van der Waals surface area contributed by atoms with Crippen molar-refractivity contribution in [1.29, 1.82) is 0 Å². The molecule has 3 aromatic rings. The topological polar surface area (TPSA) is 94.7 Å². The van der Waals surface area contributed by atoms with Gasteiger partial charge in [-0.2, -0.15) is 0 Å². The lowest BCUT2D eigenvalue weighted by Crippen LogP contribution is -2.13. The summed E-state index contributed by atoms with van der Waals surface area (Å²) in [6.07, 6.45) is 0.630. The molecule has 23 heavy (non-hydrogen) atoms. The van der Waals surface area contributed by atoms with Crippen molar-refractivity contribution in [2.45, 2.75) is 13.3 Å². The fourth-order valence-electron chi connectivity index (χ4n) is 2.30. The number of amides is 1. The third-order valence-corrected chi connectivity index (χ3v) is 3.47. The minimum atomic E-state index is -0.414. The van der Waals surface area contributed by atoms with Crippen molar-refractivity contribution in [1.82, 2.24) is 20.4 Å². The van der Waals surface area contributed by atoms with Crippen molar-refractivity contribution >= 4 is 5.91 Å². The second kappa shape index (κ2) is 6.31. The van der Waals surface area contributed by atoms with Crippen LogP contribution >= 0.6 is 0 Å². The standard InChI is InChI=1S/C17H15N5O/c1-11-19-21-17(22-20-11)13-8-6-12(7-9-13)10-14-4-2-3-5-15(14)16(18)23/h2-9H,10H2,1H3,(H2,18,23). The van der Waals surface area contributed by atoms with Gasteiger partial charge in [-0.1, -0.05) is 42.5 Å². The van der Waals surface area contributed by atoms with Gasteiger partial charge in [0, 0.05) is 11.1 Å². The predicted octanol–water partition coefficient (Wildman–Crippen LogP) is 1.93. The van der Waals surface area contributed by atoms with Gasteiger partial charge in [0.2, 0.25) is 11.7 Å². The summed E-state index contributed by atoms with van der Waals surface area (Å²) in [5.41, 5.74) is 8.77. The lowest BCUT2D eigenvalue weighted by Gasteiger charge is -2.07. The number of carbonyl (C=O) groups excluding carboxylic acids is 1. The number of nitrogens with two attached hydrogens (primary N) is 1. The maximum absolute atomic E-state index is 11.5. The van der Waals surface area contributed by atoms with Gasteiger partial charge in [-0.15, -0.1) is 20.4 Å². The van der Waals surface area contributed by atoms with E-state index in [4.69, 9.17) is 5.73 Å². The smallest absolute Gasteiger partial charge is 0.248 e. The molecule has 0 spiro atoms. The molecule has 6 nitrogen and oxygen atoms in total. The van der Waals surface area contributed by atoms with Crippen LogP contribution < -0.4 is 5.73 Å². The third kappa shape index (κ3) is 3.37. The number of benzene rings is 2. The molecule has 2 aromatic carbocycles. The van der Waals surface area contributed by atoms with Gasteiger partial charge in [0.05, 0.1) is 0 Å². The van der Waals surface area contributed by atoms with Gasteiger partial charge in [-0.25, -0.2) is 0 Å². The number of carbonyl (C=O) groups is 1. The van der Waals surface area contributed by atoms with Gasteiger partial charge >= 0.3 is 0 Å². The molecule has 114 valence electrons. The molecule has 0 saturated carbocycles. The summed E-state index contributed by atoms with van der Waals surface area (Å²) in [6, 6.07) is 15.1. The average Bonchev–Trinajstić information content (AvgIpc) is 2.57. The summed E-state index contributed by atoms with van der Waals surface area (Å²) in [7, 11) is 0. The molecule has 0 bridgehead atoms. The van der Waals surface area contributed by atoms with Crippen molar-refractivity contribution in [3.05, 3.63) is 71.0 Å². The summed E-state index contributed by atoms with van der Waals surface area (Å²) in [6.45, 7) is 1.74. The highest BCUT2D eigenvalue weighted by molar-refractivity contribution is 5.94. The molecule has 1 amide bonds. The summed E-state index contributed by atoms with van der Waals surface area (Å²) < 4.78 is 0. The van der Waals surface area contributed by atoms with Crippen LogP contribution in [0.15, 0.2) is 48.5 Å². The van der Waals surface area contributed by atoms with Gasteiger partial charge in [0.1, 0.15) is 0 Å². The first-order valence-corrected chi connectivity index (χ1v) is 7.14. The van der Waals surface area contributed by atoms with Crippen molar-refractivity contribution in [3.8, 4) is 11.4 Å². The van der Waals surface area contributed by atoms with Crippen LogP contribution in [0.1, 0.15) is 27.3 Å². The zero-order valence-electron chi connectivity index (χ0n) is 12.6. The first-order valence-electron chi connectivity index (χ1n) is 7.14. The molecule has 0 unspecified atom stereocenters. The zero-order valence-corrected chi connectivity index (χ0v) is 12.6. The van der Waals surface area contributed by atoms with Gasteiger partial charge < -0.3 is 5.73 Å². The van der Waals surface area contributed by atoms with Crippen LogP contribution in [-0.2, 0) is 6.42 Å². The molecule has 1 aromatic heterocycles. The molecule has 6 heteroatoms. The monoisotopic (exact) mass is 305 g/mol. The molecule has 0 aliphatic rings. The minimum Gasteiger partial charge on any atom is -0.366 e. The van der Waals surface area contributed by atoms with E-state index >= 15 is 0 Å². The average molecular weight is 305 g/mol. The van der Waals surface area contributed by atoms with E-state index in [0.717, 1.165) is 16.7 Å². The number of hydrogen-bond donors (Lipinski definition) is 1. The highest BCUT2D eigenvalue weighted by atomic mass is 16.1. The number of aromatic nitrogens is 4. The molecule has 0 fully saturated rings. The van der Waals surface area contributed by atoms with Gasteiger partial charge in [-0.3, -0.25) is 4.79 Å². The molecule has 0 aliphatic carbocycles. The normalized spacial score (nSPS) is 10.5. The van der Waals surface area contributed by atoms with Crippen LogP contribution in [0.2, 0.25) is 0 Å². The van der Waals surface area contributed by atoms with E-state index in [1.165, 1.54) is 0 Å². The SMILES string of the molecule is Cc1nnc(-c2ccc(Cc3ccccc3C(N)=O)cc2)nn1. The Bertz CT molecular complexity index is 828. The maximum Gasteiger partial charge on any atom is 0.248 e. The molecule has 0 atom stereocenters. The Hall–Kier alpha value is -3.15. The third-order valence-electron chi connectivity index (χ3n) is 3.47. The Labute approximate surface area is 133 Å². The number of aryl methyl sites for hydroxylation is 1. The van der Waals surface area contributed by atoms with E-state index in [1.54, 1.807) is 19.1 Å². The van der Waals surface area contributed by atoms with Crippen molar-refractivity contribution in [2.75, 3.05) is 0 Å². The number of primary amides is 1. The Balaban J connectivity index is 1.83. The van der Waals surface area contributed by atoms with Crippen molar-refractivity contribution < 1.29 is 4.79 Å². The zero-order chi connectivity index (χ0) is 16.2. The van der Waals surface area contributed by atoms with Crippen LogP contribution in [0.4, 0.5) is 0 Å². The number of rotatable bonds is 4. The van der Waals surface area contributed by atoms with Crippen LogP contribution in [-0.4, -0.2) is 26.3 Å². The first kappa shape index (κ1) is 14.8. The first-order chi connectivity index (χ1) is 11.1. The fraction of sp³-hybridized carbons (Fsp3) is 0.118. The molecular weight excluding hydrogens is 290 g/mol. The van der Waals surface area contributed by atoms with Crippen LogP contribution in [0.5, 0.6) is 0 Å². The van der Waals surface area contributed by atoms with E-state index in [2.05, 4.69) is 20.4 Å². The van der Waals surface area contributed by atoms with E-state index in [1.807, 2.05) is 36.4 Å². The largest absolute Gasteiger partial charge is 0.366 e. The predicted molar refractivity (Wildman–Crippen MR) is 85.6 cm³/mol. The number of nitrogens with zero attached hydrogens (tertiary/aromatic N) is 4. The Morgan fingerprint density at radius 1 is 0.957 bits per heavy atom. The molecule has 3 rings (SSSR count). The minimum absolute atomic E-state index is 0.414. The molecular formula is C17H15N5O. The van der Waals surface area contributed by atoms with E-state index in [-0.39, 0.29) is 0 Å². The Kier molecular flexibility index (Phi) is 4.05. The lowest BCUT2D eigenvalue weighted by molar-refractivity contribution is 0.0999. The van der Waals surface area contributed by atoms with Gasteiger partial charge in [0.15, 0.2) is 5.82 Å². The molecule has 2 N–H and O–H groups in total. The van der Waals surface area contributed by atoms with Crippen LogP contribution in [0.3, 0.4) is 0 Å². The molecule has 0 aliphatic heterocycles. The molecule has 1 heterocycles.